The van der Waals surface area contributed by atoms with Crippen LogP contribution in [0.5, 0.6) is 11.5 Å². The van der Waals surface area contributed by atoms with Crippen molar-refractivity contribution in [2.75, 3.05) is 29.1 Å². The Bertz CT molecular complexity index is 1230. The number of benzene rings is 2. The molecule has 0 radical (unpaired) electrons. The summed E-state index contributed by atoms with van der Waals surface area (Å²) in [5.74, 6) is 1.17. The van der Waals surface area contributed by atoms with Crippen LogP contribution >= 0.6 is 23.1 Å². The van der Waals surface area contributed by atoms with Crippen LogP contribution < -0.4 is 19.1 Å². The lowest BCUT2D eigenvalue weighted by Crippen LogP contribution is -2.45. The van der Waals surface area contributed by atoms with Crippen molar-refractivity contribution in [3.63, 3.8) is 0 Å². The summed E-state index contributed by atoms with van der Waals surface area (Å²) >= 11 is 2.75. The Morgan fingerprint density at radius 3 is 2.61 bits per heavy atom. The molecule has 0 fully saturated rings. The van der Waals surface area contributed by atoms with E-state index in [9.17, 15) is 13.2 Å². The van der Waals surface area contributed by atoms with E-state index in [2.05, 4.69) is 15.5 Å². The van der Waals surface area contributed by atoms with E-state index in [1.807, 2.05) is 30.3 Å². The largest absolute Gasteiger partial charge is 0.486 e. The first kappa shape index (κ1) is 23.3. The highest BCUT2D eigenvalue weighted by Gasteiger charge is 2.31. The fraction of sp³-hybridized carbons (Fsp3) is 0.286. The molecule has 2 aromatic carbocycles. The lowest BCUT2D eigenvalue weighted by molar-refractivity contribution is -0.116. The molecule has 0 saturated carbocycles. The van der Waals surface area contributed by atoms with Crippen LogP contribution in [0.3, 0.4) is 0 Å². The Kier molecular flexibility index (Phi) is 7.05. The lowest BCUT2D eigenvalue weighted by atomic mass is 10.2. The number of nitrogens with one attached hydrogen (secondary N) is 1. The maximum absolute atomic E-state index is 12.9. The van der Waals surface area contributed by atoms with Crippen molar-refractivity contribution < 1.29 is 22.7 Å². The summed E-state index contributed by atoms with van der Waals surface area (Å²) in [6, 6.07) is 13.7. The second-order valence-corrected chi connectivity index (χ2v) is 11.3. The van der Waals surface area contributed by atoms with Gasteiger partial charge in [0.25, 0.3) is 0 Å². The highest BCUT2D eigenvalue weighted by atomic mass is 32.2. The number of ether oxygens (including phenoxy) is 2. The van der Waals surface area contributed by atoms with Crippen LogP contribution in [0.25, 0.3) is 0 Å². The van der Waals surface area contributed by atoms with E-state index >= 15 is 0 Å². The number of amides is 1. The van der Waals surface area contributed by atoms with Crippen molar-refractivity contribution in [1.82, 2.24) is 10.2 Å². The number of sulfonamides is 1. The zero-order valence-electron chi connectivity index (χ0n) is 17.9. The van der Waals surface area contributed by atoms with Gasteiger partial charge in [-0.1, -0.05) is 53.4 Å². The third-order valence-electron chi connectivity index (χ3n) is 4.71. The Morgan fingerprint density at radius 2 is 1.88 bits per heavy atom. The first-order valence-electron chi connectivity index (χ1n) is 10.0. The number of hydrogen-bond donors (Lipinski definition) is 1. The van der Waals surface area contributed by atoms with Gasteiger partial charge in [0.1, 0.15) is 19.3 Å². The van der Waals surface area contributed by atoms with Gasteiger partial charge in [-0.2, -0.15) is 0 Å². The molecular weight excluding hydrogens is 484 g/mol. The standard InChI is InChI=1S/C21H22N4O5S3/c1-14(25(33(2,27)28)16-8-9-17-18(12-16)30-11-10-29-17)19(26)22-20-23-24-21(32-20)31-13-15-6-4-3-5-7-15/h3-9,12,14H,10-11,13H2,1-2H3,(H,22,23,26)/t14-/m1/s1. The summed E-state index contributed by atoms with van der Waals surface area (Å²) in [4.78, 5) is 12.9. The second kappa shape index (κ2) is 9.98. The normalized spacial score (nSPS) is 13.9. The van der Waals surface area contributed by atoms with E-state index in [4.69, 9.17) is 9.47 Å². The van der Waals surface area contributed by atoms with Crippen LogP contribution in [0.2, 0.25) is 0 Å². The van der Waals surface area contributed by atoms with Gasteiger partial charge in [-0.15, -0.1) is 10.2 Å². The van der Waals surface area contributed by atoms with Crippen LogP contribution in [0.1, 0.15) is 12.5 Å². The van der Waals surface area contributed by atoms with Gasteiger partial charge >= 0.3 is 0 Å². The van der Waals surface area contributed by atoms with E-state index in [1.54, 1.807) is 18.2 Å². The van der Waals surface area contributed by atoms with Gasteiger partial charge in [-0.05, 0) is 24.6 Å². The van der Waals surface area contributed by atoms with Crippen molar-refractivity contribution in [2.24, 2.45) is 0 Å². The lowest BCUT2D eigenvalue weighted by Gasteiger charge is -2.29. The van der Waals surface area contributed by atoms with Crippen molar-refractivity contribution in [2.45, 2.75) is 23.1 Å². The summed E-state index contributed by atoms with van der Waals surface area (Å²) in [6.07, 6.45) is 1.05. The van der Waals surface area contributed by atoms with Gasteiger partial charge in [-0.3, -0.25) is 14.4 Å². The number of thioether (sulfide) groups is 1. The summed E-state index contributed by atoms with van der Waals surface area (Å²) in [6.45, 7) is 2.31. The average Bonchev–Trinajstić information content (AvgIpc) is 3.24. The minimum atomic E-state index is -3.78. The van der Waals surface area contributed by atoms with Gasteiger partial charge in [0.15, 0.2) is 15.8 Å². The van der Waals surface area contributed by atoms with Crippen LogP contribution in [0, 0.1) is 0 Å². The molecule has 12 heteroatoms. The molecule has 1 aliphatic heterocycles. The van der Waals surface area contributed by atoms with Crippen LogP contribution in [0.4, 0.5) is 10.8 Å². The molecule has 9 nitrogen and oxygen atoms in total. The highest BCUT2D eigenvalue weighted by molar-refractivity contribution is 8.00. The smallest absolute Gasteiger partial charge is 0.249 e. The van der Waals surface area contributed by atoms with E-state index in [-0.39, 0.29) is 0 Å². The quantitative estimate of drug-likeness (QED) is 0.366. The molecule has 3 aromatic rings. The Hall–Kier alpha value is -2.83. The fourth-order valence-corrected chi connectivity index (χ4v) is 6.10. The molecule has 1 atom stereocenters. The summed E-state index contributed by atoms with van der Waals surface area (Å²) < 4.78 is 37.9. The van der Waals surface area contributed by atoms with Crippen molar-refractivity contribution in [1.29, 1.82) is 0 Å². The summed E-state index contributed by atoms with van der Waals surface area (Å²) in [5, 5.41) is 11.1. The Balaban J connectivity index is 1.46. The number of carbonyl (C=O) groups excluding carboxylic acids is 1. The topological polar surface area (TPSA) is 111 Å². The molecule has 2 heterocycles. The van der Waals surface area contributed by atoms with Crippen molar-refractivity contribution >= 4 is 49.8 Å². The molecule has 1 aliphatic rings. The van der Waals surface area contributed by atoms with Gasteiger partial charge in [0, 0.05) is 11.8 Å². The second-order valence-electron chi connectivity index (χ2n) is 7.20. The molecule has 174 valence electrons. The molecule has 1 amide bonds. The third-order valence-corrected chi connectivity index (χ3v) is 8.00. The molecule has 4 rings (SSSR count). The van der Waals surface area contributed by atoms with E-state index in [1.165, 1.54) is 30.0 Å². The summed E-state index contributed by atoms with van der Waals surface area (Å²) in [7, 11) is -3.78. The first-order valence-corrected chi connectivity index (χ1v) is 13.7. The fourth-order valence-electron chi connectivity index (χ4n) is 3.23. The minimum Gasteiger partial charge on any atom is -0.486 e. The number of hydrogen-bond acceptors (Lipinski definition) is 9. The zero-order chi connectivity index (χ0) is 23.4. The number of anilines is 2. The SMILES string of the molecule is C[C@H](C(=O)Nc1nnc(SCc2ccccc2)s1)N(c1ccc2c(c1)OCCO2)S(C)(=O)=O. The van der Waals surface area contributed by atoms with E-state index < -0.39 is 22.0 Å². The van der Waals surface area contributed by atoms with Crippen LogP contribution in [0.15, 0.2) is 52.9 Å². The van der Waals surface area contributed by atoms with Crippen LogP contribution in [-0.2, 0) is 20.6 Å². The number of nitrogens with zero attached hydrogens (tertiary/aromatic N) is 3. The number of rotatable bonds is 8. The maximum Gasteiger partial charge on any atom is 0.249 e. The Labute approximate surface area is 200 Å². The average molecular weight is 507 g/mol. The van der Waals surface area contributed by atoms with Crippen LogP contribution in [-0.4, -0.2) is 50.0 Å². The van der Waals surface area contributed by atoms with E-state index in [0.29, 0.717) is 39.9 Å². The first-order chi connectivity index (χ1) is 15.8. The van der Waals surface area contributed by atoms with E-state index in [0.717, 1.165) is 21.9 Å². The van der Waals surface area contributed by atoms with Gasteiger partial charge in [0.05, 0.1) is 11.9 Å². The molecule has 1 N–H and O–H groups in total. The molecule has 0 saturated heterocycles. The number of aromatic nitrogens is 2. The van der Waals surface area contributed by atoms with Gasteiger partial charge in [-0.25, -0.2) is 8.42 Å². The monoisotopic (exact) mass is 506 g/mol. The number of fused-ring (bicyclic) bond motifs is 1. The van der Waals surface area contributed by atoms with Crippen molar-refractivity contribution in [3.05, 3.63) is 54.1 Å². The minimum absolute atomic E-state index is 0.304. The molecule has 0 unspecified atom stereocenters. The molecule has 0 aliphatic carbocycles. The molecule has 1 aromatic heterocycles. The zero-order valence-corrected chi connectivity index (χ0v) is 20.4. The van der Waals surface area contributed by atoms with Gasteiger partial charge < -0.3 is 9.47 Å². The number of carbonyl (C=O) groups is 1. The third kappa shape index (κ3) is 5.75. The predicted octanol–water partition coefficient (Wildman–Crippen LogP) is 3.39. The maximum atomic E-state index is 12.9. The molecule has 0 bridgehead atoms. The summed E-state index contributed by atoms with van der Waals surface area (Å²) in [5.41, 5.74) is 1.46. The highest BCUT2D eigenvalue weighted by Crippen LogP contribution is 2.35. The predicted molar refractivity (Wildman–Crippen MR) is 129 cm³/mol. The van der Waals surface area contributed by atoms with Crippen molar-refractivity contribution in [3.8, 4) is 11.5 Å². The Morgan fingerprint density at radius 1 is 1.15 bits per heavy atom. The molecule has 0 spiro atoms. The molecule has 33 heavy (non-hydrogen) atoms. The molecular formula is C21H22N4O5S3. The van der Waals surface area contributed by atoms with Gasteiger partial charge in [0.2, 0.25) is 21.1 Å².